The summed E-state index contributed by atoms with van der Waals surface area (Å²) in [5.41, 5.74) is -1.56. The van der Waals surface area contributed by atoms with Crippen LogP contribution < -0.4 is 0 Å². The van der Waals surface area contributed by atoms with E-state index in [0.717, 1.165) is 6.07 Å². The molecule has 1 aromatic carbocycles. The summed E-state index contributed by atoms with van der Waals surface area (Å²) in [6.07, 6.45) is -3.57. The molecular weight excluding hydrogens is 336 g/mol. The molecule has 2 aliphatic rings. The van der Waals surface area contributed by atoms with Gasteiger partial charge in [0, 0.05) is 11.5 Å². The van der Waals surface area contributed by atoms with E-state index in [4.69, 9.17) is 0 Å². The lowest BCUT2D eigenvalue weighted by Crippen LogP contribution is -2.36. The van der Waals surface area contributed by atoms with Gasteiger partial charge in [0.25, 0.3) is 0 Å². The molecule has 126 valence electrons. The van der Waals surface area contributed by atoms with Gasteiger partial charge in [0.2, 0.25) is 0 Å². The zero-order valence-corrected chi connectivity index (χ0v) is 12.8. The molecule has 0 amide bonds. The number of sulfone groups is 1. The fraction of sp³-hybridized carbons (Fsp3) is 0.533. The normalized spacial score (nSPS) is 29.5. The Hall–Kier alpha value is -1.44. The van der Waals surface area contributed by atoms with Crippen molar-refractivity contribution in [3.63, 3.8) is 0 Å². The molecule has 2 aliphatic heterocycles. The molecule has 2 atom stereocenters. The van der Waals surface area contributed by atoms with Crippen molar-refractivity contribution in [2.24, 2.45) is 5.92 Å². The van der Waals surface area contributed by atoms with Gasteiger partial charge in [-0.05, 0) is 43.9 Å². The third kappa shape index (κ3) is 2.88. The summed E-state index contributed by atoms with van der Waals surface area (Å²) in [5.74, 6) is -2.41. The molecule has 1 aromatic rings. The molecular formula is C15H14F4O3S. The number of carbonyl (C=O) groups excluding carboxylic acids is 1. The Morgan fingerprint density at radius 3 is 2.13 bits per heavy atom. The molecule has 2 saturated heterocycles. The number of alkyl halides is 3. The van der Waals surface area contributed by atoms with Gasteiger partial charge in [-0.3, -0.25) is 4.79 Å². The van der Waals surface area contributed by atoms with Crippen molar-refractivity contribution >= 4 is 15.6 Å². The number of benzene rings is 1. The number of Topliss-reactive ketones (excluding diaryl/α,β-unsaturated/α-hetero) is 1. The largest absolute Gasteiger partial charge is 0.416 e. The first-order chi connectivity index (χ1) is 10.6. The van der Waals surface area contributed by atoms with E-state index in [-0.39, 0.29) is 18.4 Å². The van der Waals surface area contributed by atoms with Gasteiger partial charge in [-0.25, -0.2) is 12.8 Å². The van der Waals surface area contributed by atoms with E-state index in [9.17, 15) is 30.8 Å². The first kappa shape index (κ1) is 16.4. The Morgan fingerprint density at radius 2 is 1.61 bits per heavy atom. The van der Waals surface area contributed by atoms with Gasteiger partial charge >= 0.3 is 6.18 Å². The molecule has 23 heavy (non-hydrogen) atoms. The molecule has 3 rings (SSSR count). The summed E-state index contributed by atoms with van der Waals surface area (Å²) >= 11 is 0. The van der Waals surface area contributed by atoms with E-state index in [1.807, 2.05) is 0 Å². The van der Waals surface area contributed by atoms with Gasteiger partial charge in [-0.15, -0.1) is 0 Å². The lowest BCUT2D eigenvalue weighted by molar-refractivity contribution is -0.137. The Kier molecular flexibility index (Phi) is 3.78. The molecule has 0 saturated carbocycles. The van der Waals surface area contributed by atoms with E-state index in [1.54, 1.807) is 0 Å². The number of carbonyl (C=O) groups is 1. The maximum Gasteiger partial charge on any atom is 0.416 e. The molecule has 0 spiro atoms. The van der Waals surface area contributed by atoms with Crippen LogP contribution in [0.2, 0.25) is 0 Å². The molecule has 3 nitrogen and oxygen atoms in total. The zero-order valence-electron chi connectivity index (χ0n) is 11.9. The van der Waals surface area contributed by atoms with Gasteiger partial charge in [0.05, 0.1) is 16.1 Å². The van der Waals surface area contributed by atoms with Gasteiger partial charge in [0.1, 0.15) is 5.82 Å². The third-order valence-electron chi connectivity index (χ3n) is 4.72. The first-order valence-corrected chi connectivity index (χ1v) is 8.84. The van der Waals surface area contributed by atoms with Crippen molar-refractivity contribution in [1.29, 1.82) is 0 Å². The third-order valence-corrected chi connectivity index (χ3v) is 7.43. The number of rotatable bonds is 2. The highest BCUT2D eigenvalue weighted by atomic mass is 32.2. The van der Waals surface area contributed by atoms with Crippen LogP contribution in [-0.4, -0.2) is 24.7 Å². The van der Waals surface area contributed by atoms with Crippen molar-refractivity contribution in [3.05, 3.63) is 35.1 Å². The van der Waals surface area contributed by atoms with E-state index in [2.05, 4.69) is 0 Å². The predicted octanol–water partition coefficient (Wildman–Crippen LogP) is 3.38. The second kappa shape index (κ2) is 5.29. The fourth-order valence-electron chi connectivity index (χ4n) is 3.55. The highest BCUT2D eigenvalue weighted by Crippen LogP contribution is 2.42. The Bertz CT molecular complexity index is 734. The van der Waals surface area contributed by atoms with Crippen molar-refractivity contribution in [3.8, 4) is 0 Å². The molecule has 0 aromatic heterocycles. The van der Waals surface area contributed by atoms with Gasteiger partial charge < -0.3 is 0 Å². The maximum absolute atomic E-state index is 13.4. The molecule has 8 heteroatoms. The summed E-state index contributed by atoms with van der Waals surface area (Å²) in [7, 11) is -3.22. The quantitative estimate of drug-likeness (QED) is 0.607. The lowest BCUT2D eigenvalue weighted by atomic mass is 9.89. The van der Waals surface area contributed by atoms with Crippen LogP contribution in [0.25, 0.3) is 0 Å². The van der Waals surface area contributed by atoms with Crippen LogP contribution in [0.1, 0.15) is 41.6 Å². The topological polar surface area (TPSA) is 51.2 Å². The van der Waals surface area contributed by atoms with Gasteiger partial charge in [0.15, 0.2) is 15.6 Å². The minimum absolute atomic E-state index is 0.107. The zero-order chi connectivity index (χ0) is 17.0. The summed E-state index contributed by atoms with van der Waals surface area (Å²) < 4.78 is 75.6. The lowest BCUT2D eigenvalue weighted by Gasteiger charge is -2.27. The van der Waals surface area contributed by atoms with Crippen molar-refractivity contribution in [2.75, 3.05) is 0 Å². The SMILES string of the molecule is O=C(c1cc(F)cc(C(F)(F)F)c1)C1CC2CCC(C1)S2(=O)=O. The van der Waals surface area contributed by atoms with E-state index >= 15 is 0 Å². The smallest absolute Gasteiger partial charge is 0.294 e. The van der Waals surface area contributed by atoms with E-state index in [0.29, 0.717) is 25.0 Å². The molecule has 2 fully saturated rings. The minimum Gasteiger partial charge on any atom is -0.294 e. The minimum atomic E-state index is -4.74. The van der Waals surface area contributed by atoms with Crippen molar-refractivity contribution < 1.29 is 30.8 Å². The highest BCUT2D eigenvalue weighted by molar-refractivity contribution is 7.93. The maximum atomic E-state index is 13.4. The molecule has 2 unspecified atom stereocenters. The van der Waals surface area contributed by atoms with Crippen LogP contribution >= 0.6 is 0 Å². The summed E-state index contributed by atoms with van der Waals surface area (Å²) in [6.45, 7) is 0. The van der Waals surface area contributed by atoms with Crippen LogP contribution in [0.4, 0.5) is 17.6 Å². The fourth-order valence-corrected chi connectivity index (χ4v) is 6.03. The number of hydrogen-bond donors (Lipinski definition) is 0. The average Bonchev–Trinajstić information content (AvgIpc) is 2.65. The predicted molar refractivity (Wildman–Crippen MR) is 74.2 cm³/mol. The first-order valence-electron chi connectivity index (χ1n) is 7.24. The number of halogens is 4. The van der Waals surface area contributed by atoms with Gasteiger partial charge in [-0.2, -0.15) is 13.2 Å². The Labute approximate surface area is 130 Å². The van der Waals surface area contributed by atoms with E-state index < -0.39 is 49.6 Å². The number of fused-ring (bicyclic) bond motifs is 2. The summed E-state index contributed by atoms with van der Waals surface area (Å²) in [5, 5.41) is -1.21. The summed E-state index contributed by atoms with van der Waals surface area (Å²) in [4.78, 5) is 12.4. The van der Waals surface area contributed by atoms with Crippen LogP contribution in [0, 0.1) is 11.7 Å². The van der Waals surface area contributed by atoms with Crippen LogP contribution in [0.15, 0.2) is 18.2 Å². The number of hydrogen-bond acceptors (Lipinski definition) is 3. The Balaban J connectivity index is 1.89. The number of ketones is 1. The standard InChI is InChI=1S/C15H14F4O3S/c16-11-4-8(3-10(7-11)15(17,18)19)14(20)9-5-12-1-2-13(6-9)23(12,21)22/h3-4,7,9,12-13H,1-2,5-6H2. The highest BCUT2D eigenvalue weighted by Gasteiger charge is 2.48. The Morgan fingerprint density at radius 1 is 1.04 bits per heavy atom. The van der Waals surface area contributed by atoms with Crippen LogP contribution in [0.3, 0.4) is 0 Å². The second-order valence-electron chi connectivity index (χ2n) is 6.17. The van der Waals surface area contributed by atoms with Crippen LogP contribution in [0.5, 0.6) is 0 Å². The monoisotopic (exact) mass is 350 g/mol. The molecule has 2 heterocycles. The van der Waals surface area contributed by atoms with Crippen molar-refractivity contribution in [2.45, 2.75) is 42.4 Å². The molecule has 0 radical (unpaired) electrons. The summed E-state index contributed by atoms with van der Waals surface area (Å²) in [6, 6.07) is 1.75. The van der Waals surface area contributed by atoms with Gasteiger partial charge in [-0.1, -0.05) is 0 Å². The molecule has 0 N–H and O–H groups in total. The van der Waals surface area contributed by atoms with Crippen LogP contribution in [-0.2, 0) is 16.0 Å². The van der Waals surface area contributed by atoms with Crippen molar-refractivity contribution in [1.82, 2.24) is 0 Å². The van der Waals surface area contributed by atoms with E-state index in [1.165, 1.54) is 0 Å². The molecule has 0 aliphatic carbocycles. The average molecular weight is 350 g/mol. The second-order valence-corrected chi connectivity index (χ2v) is 8.68. The molecule has 2 bridgehead atoms.